The molecule has 0 atom stereocenters. The van der Waals surface area contributed by atoms with Crippen LogP contribution in [0.4, 0.5) is 5.95 Å². The number of thiophene rings is 1. The molecule has 2 aromatic rings. The van der Waals surface area contributed by atoms with E-state index in [-0.39, 0.29) is 23.1 Å². The van der Waals surface area contributed by atoms with Gasteiger partial charge < -0.3 is 14.5 Å². The summed E-state index contributed by atoms with van der Waals surface area (Å²) in [5.74, 6) is 1.29. The number of ether oxygens (including phenoxy) is 1. The predicted molar refractivity (Wildman–Crippen MR) is 118 cm³/mol. The number of rotatable bonds is 3. The molecule has 1 saturated carbocycles. The largest absolute Gasteiger partial charge is 0.370 e. The van der Waals surface area contributed by atoms with Crippen LogP contribution in [-0.4, -0.2) is 52.1 Å². The van der Waals surface area contributed by atoms with Crippen molar-refractivity contribution in [2.24, 2.45) is 5.92 Å². The molecule has 1 aliphatic carbocycles. The number of carbonyl (C=O) groups excluding carboxylic acids is 1. The fourth-order valence-corrected chi connectivity index (χ4v) is 5.69. The highest BCUT2D eigenvalue weighted by Crippen LogP contribution is 2.38. The zero-order valence-electron chi connectivity index (χ0n) is 18.2. The van der Waals surface area contributed by atoms with E-state index in [9.17, 15) is 9.59 Å². The summed E-state index contributed by atoms with van der Waals surface area (Å²) in [4.78, 5) is 37.1. The average molecular weight is 431 g/mol. The highest BCUT2D eigenvalue weighted by atomic mass is 32.1. The summed E-state index contributed by atoms with van der Waals surface area (Å²) < 4.78 is 7.81. The van der Waals surface area contributed by atoms with Crippen molar-refractivity contribution in [3.05, 3.63) is 20.8 Å². The summed E-state index contributed by atoms with van der Waals surface area (Å²) in [7, 11) is 0. The second-order valence-electron chi connectivity index (χ2n) is 9.68. The van der Waals surface area contributed by atoms with Crippen molar-refractivity contribution in [2.75, 3.05) is 31.1 Å². The van der Waals surface area contributed by atoms with Crippen LogP contribution in [0.3, 0.4) is 0 Å². The molecular formula is C22H30N4O3S. The van der Waals surface area contributed by atoms with Gasteiger partial charge in [-0.05, 0) is 46.1 Å². The Morgan fingerprint density at radius 3 is 2.53 bits per heavy atom. The number of piperazine rings is 1. The van der Waals surface area contributed by atoms with Gasteiger partial charge in [0.2, 0.25) is 11.9 Å². The molecule has 5 rings (SSSR count). The summed E-state index contributed by atoms with van der Waals surface area (Å²) >= 11 is 1.59. The minimum absolute atomic E-state index is 0.0129. The van der Waals surface area contributed by atoms with Crippen LogP contribution in [0.2, 0.25) is 0 Å². The minimum Gasteiger partial charge on any atom is -0.370 e. The molecule has 7 nitrogen and oxygen atoms in total. The van der Waals surface area contributed by atoms with Crippen LogP contribution < -0.4 is 10.5 Å². The number of nitrogens with zero attached hydrogens (tertiary/aromatic N) is 4. The lowest BCUT2D eigenvalue weighted by Gasteiger charge is -2.36. The Morgan fingerprint density at radius 1 is 1.20 bits per heavy atom. The molecule has 1 saturated heterocycles. The molecule has 0 radical (unpaired) electrons. The smallest absolute Gasteiger partial charge is 0.264 e. The fourth-order valence-electron chi connectivity index (χ4n) is 4.60. The van der Waals surface area contributed by atoms with Gasteiger partial charge in [-0.25, -0.2) is 4.98 Å². The first kappa shape index (κ1) is 20.0. The summed E-state index contributed by atoms with van der Waals surface area (Å²) in [5, 5.41) is 0.770. The second kappa shape index (κ2) is 7.05. The minimum atomic E-state index is -0.265. The Labute approximate surface area is 180 Å². The maximum absolute atomic E-state index is 13.6. The number of carbonyl (C=O) groups is 1. The van der Waals surface area contributed by atoms with E-state index in [0.717, 1.165) is 45.9 Å². The molecule has 0 bridgehead atoms. The molecule has 3 aliphatic rings. The molecule has 0 spiro atoms. The summed E-state index contributed by atoms with van der Waals surface area (Å²) in [6.45, 7) is 11.6. The van der Waals surface area contributed by atoms with E-state index in [0.29, 0.717) is 38.7 Å². The number of aromatic nitrogens is 2. The lowest BCUT2D eigenvalue weighted by molar-refractivity contribution is -0.132. The van der Waals surface area contributed by atoms with Crippen molar-refractivity contribution in [3.8, 4) is 0 Å². The van der Waals surface area contributed by atoms with Gasteiger partial charge in [0, 0.05) is 49.4 Å². The lowest BCUT2D eigenvalue weighted by Crippen LogP contribution is -2.50. The molecule has 30 heavy (non-hydrogen) atoms. The number of anilines is 1. The van der Waals surface area contributed by atoms with Crippen LogP contribution in [-0.2, 0) is 22.6 Å². The van der Waals surface area contributed by atoms with E-state index in [4.69, 9.17) is 9.72 Å². The van der Waals surface area contributed by atoms with E-state index < -0.39 is 0 Å². The number of amides is 1. The third kappa shape index (κ3) is 3.34. The lowest BCUT2D eigenvalue weighted by atomic mass is 9.94. The topological polar surface area (TPSA) is 67.7 Å². The summed E-state index contributed by atoms with van der Waals surface area (Å²) in [5.41, 5.74) is 0.903. The SMILES string of the molecule is CC(C)n1c(N2CCN(C(=O)C3CC3)CC2)nc2sc3c(c2c1=O)CC(C)(C)OC3. The standard InChI is InChI=1S/C22H30N4O3S/c1-13(2)26-20(28)17-15-11-22(3,4)29-12-16(15)30-18(17)23-21(26)25-9-7-24(8-10-25)19(27)14-5-6-14/h13-14H,5-12H2,1-4H3. The van der Waals surface area contributed by atoms with Gasteiger partial charge in [0.1, 0.15) is 4.83 Å². The van der Waals surface area contributed by atoms with Crippen LogP contribution in [0.15, 0.2) is 4.79 Å². The van der Waals surface area contributed by atoms with E-state index in [1.54, 1.807) is 11.3 Å². The van der Waals surface area contributed by atoms with Crippen LogP contribution >= 0.6 is 11.3 Å². The van der Waals surface area contributed by atoms with Gasteiger partial charge in [0.15, 0.2) is 0 Å². The third-order valence-corrected chi connectivity index (χ3v) is 7.53. The van der Waals surface area contributed by atoms with Crippen LogP contribution in [0.1, 0.15) is 57.0 Å². The highest BCUT2D eigenvalue weighted by Gasteiger charge is 2.36. The first-order valence-corrected chi connectivity index (χ1v) is 11.8. The molecule has 162 valence electrons. The maximum atomic E-state index is 13.6. The Balaban J connectivity index is 1.52. The Hall–Kier alpha value is -1.93. The van der Waals surface area contributed by atoms with Crippen LogP contribution in [0.25, 0.3) is 10.2 Å². The van der Waals surface area contributed by atoms with E-state index in [1.807, 2.05) is 23.3 Å². The Bertz CT molecular complexity index is 1060. The molecule has 2 fully saturated rings. The molecular weight excluding hydrogens is 400 g/mol. The van der Waals surface area contributed by atoms with E-state index >= 15 is 0 Å². The van der Waals surface area contributed by atoms with Crippen molar-refractivity contribution in [1.29, 1.82) is 0 Å². The molecule has 0 aromatic carbocycles. The van der Waals surface area contributed by atoms with Gasteiger partial charge in [-0.2, -0.15) is 0 Å². The third-order valence-electron chi connectivity index (χ3n) is 6.44. The zero-order valence-corrected chi connectivity index (χ0v) is 19.0. The van der Waals surface area contributed by atoms with Crippen LogP contribution in [0.5, 0.6) is 0 Å². The fraction of sp³-hybridized carbons (Fsp3) is 0.682. The molecule has 0 N–H and O–H groups in total. The molecule has 0 unspecified atom stereocenters. The summed E-state index contributed by atoms with van der Waals surface area (Å²) in [6, 6.07) is 0.0129. The molecule has 4 heterocycles. The van der Waals surface area contributed by atoms with Gasteiger partial charge in [0.05, 0.1) is 17.6 Å². The second-order valence-corrected chi connectivity index (χ2v) is 10.8. The molecule has 1 amide bonds. The maximum Gasteiger partial charge on any atom is 0.264 e. The van der Waals surface area contributed by atoms with Gasteiger partial charge >= 0.3 is 0 Å². The predicted octanol–water partition coefficient (Wildman–Crippen LogP) is 2.95. The molecule has 2 aliphatic heterocycles. The Kier molecular flexibility index (Phi) is 4.70. The van der Waals surface area contributed by atoms with Crippen molar-refractivity contribution >= 4 is 33.4 Å². The van der Waals surface area contributed by atoms with E-state index in [2.05, 4.69) is 18.7 Å². The van der Waals surface area contributed by atoms with Gasteiger partial charge in [-0.15, -0.1) is 11.3 Å². The number of fused-ring (bicyclic) bond motifs is 3. The van der Waals surface area contributed by atoms with Crippen molar-refractivity contribution in [1.82, 2.24) is 14.5 Å². The van der Waals surface area contributed by atoms with Gasteiger partial charge in [-0.1, -0.05) is 0 Å². The van der Waals surface area contributed by atoms with Gasteiger partial charge in [0.25, 0.3) is 5.56 Å². The van der Waals surface area contributed by atoms with Crippen molar-refractivity contribution in [2.45, 2.75) is 65.2 Å². The van der Waals surface area contributed by atoms with Crippen molar-refractivity contribution < 1.29 is 9.53 Å². The normalized spacial score (nSPS) is 21.4. The molecule has 2 aromatic heterocycles. The first-order chi connectivity index (χ1) is 14.2. The summed E-state index contributed by atoms with van der Waals surface area (Å²) in [6.07, 6.45) is 2.81. The Morgan fingerprint density at radius 2 is 1.90 bits per heavy atom. The number of hydrogen-bond donors (Lipinski definition) is 0. The van der Waals surface area contributed by atoms with Crippen LogP contribution in [0, 0.1) is 5.92 Å². The highest BCUT2D eigenvalue weighted by molar-refractivity contribution is 7.18. The number of hydrogen-bond acceptors (Lipinski definition) is 6. The zero-order chi connectivity index (χ0) is 21.2. The average Bonchev–Trinajstić information content (AvgIpc) is 3.48. The van der Waals surface area contributed by atoms with Crippen molar-refractivity contribution in [3.63, 3.8) is 0 Å². The van der Waals surface area contributed by atoms with E-state index in [1.165, 1.54) is 0 Å². The quantitative estimate of drug-likeness (QED) is 0.749. The monoisotopic (exact) mass is 430 g/mol. The van der Waals surface area contributed by atoms with Gasteiger partial charge in [-0.3, -0.25) is 14.2 Å². The molecule has 8 heteroatoms. The first-order valence-electron chi connectivity index (χ1n) is 11.0.